The average molecular weight is 587 g/mol. The molecule has 1 aliphatic heterocycles. The van der Waals surface area contributed by atoms with Crippen molar-refractivity contribution in [1.29, 1.82) is 0 Å². The summed E-state index contributed by atoms with van der Waals surface area (Å²) in [5.74, 6) is -0.653. The van der Waals surface area contributed by atoms with Crippen molar-refractivity contribution in [3.05, 3.63) is 72.4 Å². The molecule has 0 bridgehead atoms. The summed E-state index contributed by atoms with van der Waals surface area (Å²) < 4.78 is 59.4. The fourth-order valence-electron chi connectivity index (χ4n) is 4.64. The van der Waals surface area contributed by atoms with Crippen LogP contribution in [0.3, 0.4) is 0 Å². The van der Waals surface area contributed by atoms with E-state index < -0.39 is 30.1 Å². The molecule has 2 heterocycles. The van der Waals surface area contributed by atoms with Crippen molar-refractivity contribution in [1.82, 2.24) is 14.9 Å². The van der Waals surface area contributed by atoms with Crippen LogP contribution in [0, 0.1) is 0 Å². The molecule has 0 aliphatic carbocycles. The maximum absolute atomic E-state index is 13.8. The van der Waals surface area contributed by atoms with Gasteiger partial charge in [0.1, 0.15) is 17.1 Å². The number of aromatic nitrogens is 2. The maximum atomic E-state index is 13.8. The summed E-state index contributed by atoms with van der Waals surface area (Å²) in [6, 6.07) is 11.6. The van der Waals surface area contributed by atoms with Gasteiger partial charge in [-0.05, 0) is 60.7 Å². The Morgan fingerprint density at radius 1 is 1.12 bits per heavy atom. The van der Waals surface area contributed by atoms with Crippen molar-refractivity contribution in [2.45, 2.75) is 31.4 Å². The second-order valence-electron chi connectivity index (χ2n) is 9.53. The van der Waals surface area contributed by atoms with Crippen LogP contribution in [0.15, 0.2) is 61.3 Å². The molecule has 1 fully saturated rings. The molecule has 0 radical (unpaired) electrons. The summed E-state index contributed by atoms with van der Waals surface area (Å²) in [4.78, 5) is 33.2. The fraction of sp³-hybridized carbons (Fsp3) is 0.310. The first-order valence-corrected chi connectivity index (χ1v) is 13.1. The largest absolute Gasteiger partial charge is 0.495 e. The zero-order valence-corrected chi connectivity index (χ0v) is 22.8. The predicted octanol–water partition coefficient (Wildman–Crippen LogP) is 6.18. The van der Waals surface area contributed by atoms with E-state index >= 15 is 0 Å². The number of piperidine rings is 1. The lowest BCUT2D eigenvalue weighted by atomic mass is 9.89. The van der Waals surface area contributed by atoms with E-state index in [0.29, 0.717) is 49.3 Å². The molecule has 4 rings (SSSR count). The van der Waals surface area contributed by atoms with Gasteiger partial charge in [0.2, 0.25) is 17.8 Å². The number of hydrogen-bond acceptors (Lipinski definition) is 7. The highest BCUT2D eigenvalue weighted by molar-refractivity contribution is 5.99. The molecule has 0 spiro atoms. The first-order chi connectivity index (χ1) is 20.1. The van der Waals surface area contributed by atoms with Gasteiger partial charge in [-0.2, -0.15) is 18.2 Å². The van der Waals surface area contributed by atoms with Gasteiger partial charge < -0.3 is 25.6 Å². The average Bonchev–Trinajstić information content (AvgIpc) is 2.97. The Morgan fingerprint density at radius 3 is 2.52 bits per heavy atom. The molecular formula is C29H30F4N6O3. The smallest absolute Gasteiger partial charge is 0.421 e. The van der Waals surface area contributed by atoms with Crippen molar-refractivity contribution in [2.24, 2.45) is 0 Å². The maximum Gasteiger partial charge on any atom is 0.421 e. The number of anilines is 5. The van der Waals surface area contributed by atoms with Crippen molar-refractivity contribution in [3.8, 4) is 5.75 Å². The van der Waals surface area contributed by atoms with Gasteiger partial charge in [-0.15, -0.1) is 0 Å². The molecule has 9 nitrogen and oxygen atoms in total. The molecule has 2 amide bonds. The topological polar surface area (TPSA) is 108 Å². The summed E-state index contributed by atoms with van der Waals surface area (Å²) in [6.45, 7) is 3.77. The molecule has 1 saturated heterocycles. The van der Waals surface area contributed by atoms with Crippen molar-refractivity contribution < 1.29 is 31.9 Å². The number of amides is 2. The number of alkyl halides is 4. The van der Waals surface area contributed by atoms with E-state index in [4.69, 9.17) is 4.74 Å². The summed E-state index contributed by atoms with van der Waals surface area (Å²) in [5, 5.41) is 8.15. The van der Waals surface area contributed by atoms with Crippen LogP contribution < -0.4 is 20.7 Å². The number of nitrogens with one attached hydrogen (secondary N) is 3. The minimum absolute atomic E-state index is 0.104. The zero-order chi connectivity index (χ0) is 30.3. The number of hydrogen-bond donors (Lipinski definition) is 3. The lowest BCUT2D eigenvalue weighted by molar-refractivity contribution is -0.137. The number of likely N-dealkylation sites (tertiary alicyclic amines) is 1. The number of benzene rings is 2. The van der Waals surface area contributed by atoms with Crippen LogP contribution in [0.5, 0.6) is 5.75 Å². The molecular weight excluding hydrogens is 556 g/mol. The zero-order valence-electron chi connectivity index (χ0n) is 22.8. The standard InChI is InChI=1S/C29H30F4N6O3/c1-3-25(40)35-20-5-4-6-21(16-20)36-27-22(29(31,32)33)17-34-28(38-27)37-23-8-7-19(15-24(23)42-2)18-10-13-39(14-11-18)26(41)9-12-30/h3-8,15-18H,1,9-14H2,2H3,(H,35,40)(H2,34,36,37,38). The van der Waals surface area contributed by atoms with Crippen molar-refractivity contribution >= 4 is 40.6 Å². The van der Waals surface area contributed by atoms with Crippen molar-refractivity contribution in [2.75, 3.05) is 42.8 Å². The molecule has 1 aliphatic rings. The van der Waals surface area contributed by atoms with Crippen LogP contribution in [0.1, 0.15) is 36.3 Å². The van der Waals surface area contributed by atoms with Crippen molar-refractivity contribution in [3.63, 3.8) is 0 Å². The molecule has 0 unspecified atom stereocenters. The molecule has 2 aromatic carbocycles. The Kier molecular flexibility index (Phi) is 9.60. The van der Waals surface area contributed by atoms with E-state index in [9.17, 15) is 27.2 Å². The molecule has 42 heavy (non-hydrogen) atoms. The Balaban J connectivity index is 1.53. The first kappa shape index (κ1) is 30.3. The monoisotopic (exact) mass is 586 g/mol. The molecule has 13 heteroatoms. The van der Waals surface area contributed by atoms with Gasteiger partial charge in [-0.3, -0.25) is 14.0 Å². The van der Waals surface area contributed by atoms with Crippen LogP contribution in [0.2, 0.25) is 0 Å². The number of methoxy groups -OCH3 is 1. The summed E-state index contributed by atoms with van der Waals surface area (Å²) in [6.07, 6.45) is -1.66. The third-order valence-electron chi connectivity index (χ3n) is 6.77. The van der Waals surface area contributed by atoms with E-state index in [0.717, 1.165) is 11.6 Å². The highest BCUT2D eigenvalue weighted by Gasteiger charge is 2.35. The highest BCUT2D eigenvalue weighted by Crippen LogP contribution is 2.37. The molecule has 0 saturated carbocycles. The van der Waals surface area contributed by atoms with Gasteiger partial charge in [0.05, 0.1) is 25.9 Å². The van der Waals surface area contributed by atoms with Gasteiger partial charge >= 0.3 is 6.18 Å². The second kappa shape index (κ2) is 13.3. The third-order valence-corrected chi connectivity index (χ3v) is 6.77. The first-order valence-electron chi connectivity index (χ1n) is 13.1. The van der Waals surface area contributed by atoms with E-state index in [1.807, 2.05) is 12.1 Å². The summed E-state index contributed by atoms with van der Waals surface area (Å²) >= 11 is 0. The molecule has 1 aromatic heterocycles. The Morgan fingerprint density at radius 2 is 1.86 bits per heavy atom. The fourth-order valence-corrected chi connectivity index (χ4v) is 4.64. The number of ether oxygens (including phenoxy) is 1. The molecule has 0 atom stereocenters. The number of rotatable bonds is 10. The van der Waals surface area contributed by atoms with E-state index in [-0.39, 0.29) is 29.9 Å². The second-order valence-corrected chi connectivity index (χ2v) is 9.53. The number of carbonyl (C=O) groups excluding carboxylic acids is 2. The third kappa shape index (κ3) is 7.53. The Hall–Kier alpha value is -4.68. The van der Waals surface area contributed by atoms with Crippen LogP contribution in [-0.4, -0.2) is 53.6 Å². The van der Waals surface area contributed by atoms with Gasteiger partial charge in [0.25, 0.3) is 0 Å². The minimum atomic E-state index is -4.74. The molecule has 222 valence electrons. The normalized spacial score (nSPS) is 13.8. The van der Waals surface area contributed by atoms with Gasteiger partial charge in [-0.25, -0.2) is 4.98 Å². The lowest BCUT2D eigenvalue weighted by Crippen LogP contribution is -2.38. The van der Waals surface area contributed by atoms with Crippen LogP contribution in [0.4, 0.5) is 46.4 Å². The predicted molar refractivity (Wildman–Crippen MR) is 151 cm³/mol. The number of nitrogens with zero attached hydrogens (tertiary/aromatic N) is 3. The Bertz CT molecular complexity index is 1440. The van der Waals surface area contributed by atoms with E-state index in [2.05, 4.69) is 32.5 Å². The summed E-state index contributed by atoms with van der Waals surface area (Å²) in [7, 11) is 1.47. The molecule has 3 N–H and O–H groups in total. The minimum Gasteiger partial charge on any atom is -0.495 e. The van der Waals surface area contributed by atoms with Gasteiger partial charge in [0.15, 0.2) is 0 Å². The van der Waals surface area contributed by atoms with Gasteiger partial charge in [0, 0.05) is 30.7 Å². The highest BCUT2D eigenvalue weighted by atomic mass is 19.4. The SMILES string of the molecule is C=CC(=O)Nc1cccc(Nc2nc(Nc3ccc(C4CCN(C(=O)CCF)CC4)cc3OC)ncc2C(F)(F)F)c1. The van der Waals surface area contributed by atoms with Gasteiger partial charge in [-0.1, -0.05) is 18.7 Å². The summed E-state index contributed by atoms with van der Waals surface area (Å²) in [5.41, 5.74) is 0.956. The van der Waals surface area contributed by atoms with Crippen LogP contribution in [-0.2, 0) is 15.8 Å². The molecule has 3 aromatic rings. The lowest BCUT2D eigenvalue weighted by Gasteiger charge is -2.32. The van der Waals surface area contributed by atoms with Crippen LogP contribution >= 0.6 is 0 Å². The Labute approximate surface area is 240 Å². The number of halogens is 4. The van der Waals surface area contributed by atoms with Crippen LogP contribution in [0.25, 0.3) is 0 Å². The quantitative estimate of drug-likeness (QED) is 0.192. The van der Waals surface area contributed by atoms with E-state index in [1.54, 1.807) is 23.1 Å². The van der Waals surface area contributed by atoms with E-state index in [1.165, 1.54) is 19.2 Å². The number of carbonyl (C=O) groups is 2.